The Balaban J connectivity index is 1.10. The van der Waals surface area contributed by atoms with Crippen LogP contribution in [0.15, 0.2) is 187 Å². The summed E-state index contributed by atoms with van der Waals surface area (Å²) in [6, 6.07) is 62.3. The Morgan fingerprint density at radius 3 is 1.71 bits per heavy atom. The van der Waals surface area contributed by atoms with E-state index in [4.69, 9.17) is 4.42 Å². The van der Waals surface area contributed by atoms with Crippen molar-refractivity contribution in [3.63, 3.8) is 0 Å². The van der Waals surface area contributed by atoms with Gasteiger partial charge >= 0.3 is 0 Å². The predicted molar refractivity (Wildman–Crippen MR) is 200 cm³/mol. The van der Waals surface area contributed by atoms with Crippen LogP contribution in [0.5, 0.6) is 0 Å². The molecule has 2 aromatic heterocycles. The van der Waals surface area contributed by atoms with Crippen LogP contribution in [-0.4, -0.2) is 4.98 Å². The van der Waals surface area contributed by atoms with E-state index in [1.54, 1.807) is 0 Å². The number of benzene rings is 7. The van der Waals surface area contributed by atoms with Gasteiger partial charge in [0.1, 0.15) is 11.1 Å². The summed E-state index contributed by atoms with van der Waals surface area (Å²) in [4.78, 5) is 6.90. The third-order valence-corrected chi connectivity index (χ3v) is 9.14. The summed E-state index contributed by atoms with van der Waals surface area (Å²) in [5.41, 5.74) is 12.9. The van der Waals surface area contributed by atoms with E-state index >= 15 is 0 Å². The molecule has 0 atom stereocenters. The highest BCUT2D eigenvalue weighted by atomic mass is 16.3. The lowest BCUT2D eigenvalue weighted by atomic mass is 9.98. The monoisotopic (exact) mass is 614 g/mol. The lowest BCUT2D eigenvalue weighted by molar-refractivity contribution is 0.668. The molecule has 0 fully saturated rings. The first-order valence-corrected chi connectivity index (χ1v) is 16.2. The first kappa shape index (κ1) is 27.8. The van der Waals surface area contributed by atoms with Crippen molar-refractivity contribution in [3.05, 3.63) is 182 Å². The van der Waals surface area contributed by atoms with Gasteiger partial charge in [-0.15, -0.1) is 0 Å². The van der Waals surface area contributed by atoms with E-state index in [1.165, 1.54) is 33.0 Å². The maximum Gasteiger partial charge on any atom is 0.153 e. The molecule has 2 heterocycles. The molecule has 0 amide bonds. The van der Waals surface area contributed by atoms with Crippen molar-refractivity contribution in [2.45, 2.75) is 0 Å². The third-order valence-electron chi connectivity index (χ3n) is 9.14. The summed E-state index contributed by atoms with van der Waals surface area (Å²) in [7, 11) is 0. The van der Waals surface area contributed by atoms with Gasteiger partial charge in [-0.05, 0) is 105 Å². The van der Waals surface area contributed by atoms with Crippen molar-refractivity contribution in [2.75, 3.05) is 4.90 Å². The minimum atomic E-state index is 0.806. The van der Waals surface area contributed by atoms with Gasteiger partial charge in [-0.2, -0.15) is 0 Å². The van der Waals surface area contributed by atoms with Crippen LogP contribution in [0.3, 0.4) is 0 Å². The molecule has 0 aliphatic carbocycles. The smallest absolute Gasteiger partial charge is 0.153 e. The molecule has 48 heavy (non-hydrogen) atoms. The highest BCUT2D eigenvalue weighted by molar-refractivity contribution is 6.04. The second-order valence-electron chi connectivity index (χ2n) is 12.0. The van der Waals surface area contributed by atoms with E-state index in [2.05, 4.69) is 168 Å². The average Bonchev–Trinajstić information content (AvgIpc) is 3.54. The molecular weight excluding hydrogens is 585 g/mol. The Labute approximate surface area is 279 Å². The van der Waals surface area contributed by atoms with Crippen LogP contribution in [-0.2, 0) is 0 Å². The largest absolute Gasteiger partial charge is 0.454 e. The fraction of sp³-hybridized carbons (Fsp3) is 0. The van der Waals surface area contributed by atoms with Crippen LogP contribution in [0.2, 0.25) is 0 Å². The molecule has 0 N–H and O–H groups in total. The molecule has 9 aromatic rings. The molecule has 0 bridgehead atoms. The van der Waals surface area contributed by atoms with Crippen LogP contribution in [0, 0.1) is 0 Å². The molecule has 0 aliphatic heterocycles. The van der Waals surface area contributed by atoms with Gasteiger partial charge in [0.2, 0.25) is 0 Å². The topological polar surface area (TPSA) is 29.3 Å². The third kappa shape index (κ3) is 4.99. The fourth-order valence-electron chi connectivity index (χ4n) is 6.73. The SMILES string of the molecule is c1ccc(-c2ccc(N(c3ccc(-c4ccc5oc6cccnc6c5c4)cc3)c3ccc(-c4cccc5ccccc45)cc3)cc2)cc1. The summed E-state index contributed by atoms with van der Waals surface area (Å²) >= 11 is 0. The van der Waals surface area contributed by atoms with Gasteiger partial charge in [0.15, 0.2) is 5.58 Å². The highest BCUT2D eigenvalue weighted by Gasteiger charge is 2.15. The van der Waals surface area contributed by atoms with Crippen LogP contribution in [0.1, 0.15) is 0 Å². The molecule has 7 aromatic carbocycles. The minimum Gasteiger partial charge on any atom is -0.454 e. The van der Waals surface area contributed by atoms with E-state index in [-0.39, 0.29) is 0 Å². The highest BCUT2D eigenvalue weighted by Crippen LogP contribution is 2.39. The molecule has 9 rings (SSSR count). The molecule has 0 unspecified atom stereocenters. The van der Waals surface area contributed by atoms with Gasteiger partial charge in [0.25, 0.3) is 0 Å². The van der Waals surface area contributed by atoms with Gasteiger partial charge in [-0.3, -0.25) is 4.98 Å². The van der Waals surface area contributed by atoms with E-state index in [0.29, 0.717) is 0 Å². The summed E-state index contributed by atoms with van der Waals surface area (Å²) in [6.07, 6.45) is 1.81. The van der Waals surface area contributed by atoms with Crippen LogP contribution in [0.25, 0.3) is 66.2 Å². The number of rotatable bonds is 6. The number of furan rings is 1. The second-order valence-corrected chi connectivity index (χ2v) is 12.0. The molecule has 3 nitrogen and oxygen atoms in total. The standard InChI is InChI=1S/C45H30N2O/c1-2-8-31(9-3-1)32-15-22-37(23-16-32)47(39-26-19-35(20-27-39)41-13-6-11-34-10-4-5-12-40(34)41)38-24-17-33(18-25-38)36-21-28-43-42(30-36)45-44(48-43)14-7-29-46-45/h1-30H. The number of anilines is 3. The lowest BCUT2D eigenvalue weighted by Crippen LogP contribution is -2.09. The van der Waals surface area contributed by atoms with E-state index in [0.717, 1.165) is 50.3 Å². The van der Waals surface area contributed by atoms with Crippen molar-refractivity contribution >= 4 is 49.9 Å². The fourth-order valence-corrected chi connectivity index (χ4v) is 6.73. The molecule has 0 aliphatic rings. The number of nitrogens with zero attached hydrogens (tertiary/aromatic N) is 2. The normalized spacial score (nSPS) is 11.3. The summed E-state index contributed by atoms with van der Waals surface area (Å²) in [5, 5.41) is 3.53. The molecular formula is C45H30N2O. The lowest BCUT2D eigenvalue weighted by Gasteiger charge is -2.26. The van der Waals surface area contributed by atoms with Gasteiger partial charge < -0.3 is 9.32 Å². The number of pyridine rings is 1. The minimum absolute atomic E-state index is 0.806. The molecule has 0 radical (unpaired) electrons. The van der Waals surface area contributed by atoms with Gasteiger partial charge in [0, 0.05) is 28.6 Å². The Kier molecular flexibility index (Phi) is 6.80. The van der Waals surface area contributed by atoms with E-state index in [1.807, 2.05) is 24.4 Å². The maximum atomic E-state index is 6.02. The van der Waals surface area contributed by atoms with Crippen LogP contribution in [0.4, 0.5) is 17.1 Å². The molecule has 0 spiro atoms. The van der Waals surface area contributed by atoms with Gasteiger partial charge in [-0.1, -0.05) is 115 Å². The zero-order valence-electron chi connectivity index (χ0n) is 26.1. The quantitative estimate of drug-likeness (QED) is 0.187. The van der Waals surface area contributed by atoms with Crippen molar-refractivity contribution in [1.82, 2.24) is 4.98 Å². The number of fused-ring (bicyclic) bond motifs is 4. The predicted octanol–water partition coefficient (Wildman–Crippen LogP) is 12.6. The number of aromatic nitrogens is 1. The van der Waals surface area contributed by atoms with Crippen molar-refractivity contribution in [3.8, 4) is 33.4 Å². The van der Waals surface area contributed by atoms with Gasteiger partial charge in [0.05, 0.1) is 0 Å². The van der Waals surface area contributed by atoms with Crippen molar-refractivity contribution < 1.29 is 4.42 Å². The molecule has 0 saturated heterocycles. The second kappa shape index (κ2) is 11.7. The summed E-state index contributed by atoms with van der Waals surface area (Å²) < 4.78 is 6.02. The summed E-state index contributed by atoms with van der Waals surface area (Å²) in [6.45, 7) is 0. The Morgan fingerprint density at radius 2 is 0.979 bits per heavy atom. The maximum absolute atomic E-state index is 6.02. The Hall–Kier alpha value is -6.45. The van der Waals surface area contributed by atoms with Crippen molar-refractivity contribution in [1.29, 1.82) is 0 Å². The van der Waals surface area contributed by atoms with Gasteiger partial charge in [-0.25, -0.2) is 0 Å². The van der Waals surface area contributed by atoms with E-state index in [9.17, 15) is 0 Å². The molecule has 226 valence electrons. The van der Waals surface area contributed by atoms with Crippen LogP contribution < -0.4 is 4.90 Å². The average molecular weight is 615 g/mol. The first-order valence-electron chi connectivity index (χ1n) is 16.2. The zero-order chi connectivity index (χ0) is 31.9. The van der Waals surface area contributed by atoms with Crippen molar-refractivity contribution in [2.24, 2.45) is 0 Å². The van der Waals surface area contributed by atoms with E-state index < -0.39 is 0 Å². The summed E-state index contributed by atoms with van der Waals surface area (Å²) in [5.74, 6) is 0. The first-order chi connectivity index (χ1) is 23.8. The van der Waals surface area contributed by atoms with Crippen LogP contribution >= 0.6 is 0 Å². The number of hydrogen-bond acceptors (Lipinski definition) is 3. The zero-order valence-corrected chi connectivity index (χ0v) is 26.1. The molecule has 3 heteroatoms. The Bertz CT molecular complexity index is 2530. The number of hydrogen-bond donors (Lipinski definition) is 0. The Morgan fingerprint density at radius 1 is 0.396 bits per heavy atom. The molecule has 0 saturated carbocycles.